The Hall–Kier alpha value is -2.19. The zero-order valence-corrected chi connectivity index (χ0v) is 50.1. The highest BCUT2D eigenvalue weighted by Gasteiger charge is 2.44. The number of allylic oxidation sites excluding steroid dienone is 10. The molecule has 8 N–H and O–H groups in total. The summed E-state index contributed by atoms with van der Waals surface area (Å²) in [6, 6.07) is -1.20. The van der Waals surface area contributed by atoms with E-state index in [0.29, 0.717) is 19.3 Å². The molecule has 456 valence electrons. The summed E-state index contributed by atoms with van der Waals surface area (Å²) in [6.07, 6.45) is 61.9. The van der Waals surface area contributed by atoms with Gasteiger partial charge in [0.25, 0.3) is 0 Å². The van der Waals surface area contributed by atoms with Crippen LogP contribution in [-0.2, 0) is 14.3 Å². The Morgan fingerprint density at radius 2 is 0.846 bits per heavy atom. The molecule has 0 aliphatic carbocycles. The largest absolute Gasteiger partial charge is 0.394 e. The monoisotopic (exact) mass is 1100 g/mol. The topological polar surface area (TPSA) is 189 Å². The lowest BCUT2D eigenvalue weighted by Crippen LogP contribution is -2.60. The van der Waals surface area contributed by atoms with Crippen LogP contribution in [0.5, 0.6) is 0 Å². The first-order chi connectivity index (χ1) is 38.2. The highest BCUT2D eigenvalue weighted by molar-refractivity contribution is 5.80. The lowest BCUT2D eigenvalue weighted by atomic mass is 9.98. The Balaban J connectivity index is 2.13. The quantitative estimate of drug-likeness (QED) is 0.0215. The van der Waals surface area contributed by atoms with Crippen molar-refractivity contribution < 1.29 is 50.0 Å². The van der Waals surface area contributed by atoms with Crippen LogP contribution in [-0.4, -0.2) is 110 Å². The molecule has 1 saturated heterocycles. The van der Waals surface area contributed by atoms with E-state index in [9.17, 15) is 40.5 Å². The van der Waals surface area contributed by atoms with Gasteiger partial charge in [0.15, 0.2) is 6.29 Å². The lowest BCUT2D eigenvalue weighted by molar-refractivity contribution is -0.303. The number of rotatable bonds is 56. The molecule has 0 spiro atoms. The van der Waals surface area contributed by atoms with Crippen molar-refractivity contribution in [2.24, 2.45) is 0 Å². The molecule has 1 aliphatic heterocycles. The van der Waals surface area contributed by atoms with Gasteiger partial charge in [-0.3, -0.25) is 4.79 Å². The van der Waals surface area contributed by atoms with Crippen molar-refractivity contribution in [2.45, 2.75) is 345 Å². The Morgan fingerprint density at radius 1 is 0.462 bits per heavy atom. The summed E-state index contributed by atoms with van der Waals surface area (Å²) in [5, 5.41) is 76.0. The van der Waals surface area contributed by atoms with Crippen LogP contribution >= 0.6 is 0 Å². The van der Waals surface area contributed by atoms with Crippen LogP contribution in [0, 0.1) is 0 Å². The van der Waals surface area contributed by atoms with Crippen LogP contribution in [0.25, 0.3) is 0 Å². The van der Waals surface area contributed by atoms with Gasteiger partial charge in [-0.15, -0.1) is 0 Å². The SMILES string of the molecule is CC/C=C/CC/C=C/CC/C=C/CCCC(O)C(O)C(COC1OC(CO)C(O)C(O)C1O)NC(=O)C(O)CCCCCCCCCCCCCCCCCC/C=C\C/C=C\CCCCCCCCCCCCCCCCC. The van der Waals surface area contributed by atoms with Crippen LogP contribution in [0.3, 0.4) is 0 Å². The van der Waals surface area contributed by atoms with E-state index in [2.05, 4.69) is 79.9 Å². The molecule has 1 heterocycles. The maximum atomic E-state index is 13.2. The summed E-state index contributed by atoms with van der Waals surface area (Å²) < 4.78 is 11.1. The summed E-state index contributed by atoms with van der Waals surface area (Å²) >= 11 is 0. The van der Waals surface area contributed by atoms with E-state index in [1.165, 1.54) is 186 Å². The Morgan fingerprint density at radius 3 is 1.28 bits per heavy atom. The number of hydrogen-bond donors (Lipinski definition) is 8. The van der Waals surface area contributed by atoms with Crippen molar-refractivity contribution in [1.82, 2.24) is 5.32 Å². The number of carbonyl (C=O) groups excluding carboxylic acids is 1. The molecule has 1 amide bonds. The van der Waals surface area contributed by atoms with Crippen LogP contribution < -0.4 is 5.32 Å². The van der Waals surface area contributed by atoms with E-state index in [4.69, 9.17) is 9.47 Å². The molecular formula is C67H123NO10. The fourth-order valence-electron chi connectivity index (χ4n) is 10.3. The average molecular weight is 1100 g/mol. The van der Waals surface area contributed by atoms with Gasteiger partial charge in [0, 0.05) is 0 Å². The van der Waals surface area contributed by atoms with Crippen LogP contribution in [0.2, 0.25) is 0 Å². The van der Waals surface area contributed by atoms with Gasteiger partial charge >= 0.3 is 0 Å². The highest BCUT2D eigenvalue weighted by atomic mass is 16.7. The molecule has 0 aromatic heterocycles. The van der Waals surface area contributed by atoms with E-state index in [1.807, 2.05) is 0 Å². The predicted octanol–water partition coefficient (Wildman–Crippen LogP) is 15.0. The summed E-state index contributed by atoms with van der Waals surface area (Å²) in [5.41, 5.74) is 0. The van der Waals surface area contributed by atoms with Crippen LogP contribution in [0.1, 0.15) is 290 Å². The minimum Gasteiger partial charge on any atom is -0.394 e. The molecule has 0 saturated carbocycles. The number of carbonyl (C=O) groups is 1. The minimum atomic E-state index is -1.67. The van der Waals surface area contributed by atoms with E-state index in [0.717, 1.165) is 57.8 Å². The third kappa shape index (κ3) is 42.6. The van der Waals surface area contributed by atoms with Gasteiger partial charge in [0.2, 0.25) is 5.91 Å². The smallest absolute Gasteiger partial charge is 0.249 e. The fraction of sp³-hybridized carbons (Fsp3) is 0.836. The minimum absolute atomic E-state index is 0.239. The molecule has 0 radical (unpaired) electrons. The van der Waals surface area contributed by atoms with Crippen molar-refractivity contribution in [1.29, 1.82) is 0 Å². The van der Waals surface area contributed by atoms with E-state index in [1.54, 1.807) is 0 Å². The van der Waals surface area contributed by atoms with Crippen molar-refractivity contribution in [2.75, 3.05) is 13.2 Å². The number of ether oxygens (including phenoxy) is 2. The third-order valence-corrected chi connectivity index (χ3v) is 15.5. The maximum absolute atomic E-state index is 13.2. The highest BCUT2D eigenvalue weighted by Crippen LogP contribution is 2.23. The van der Waals surface area contributed by atoms with Gasteiger partial charge in [-0.05, 0) is 89.9 Å². The predicted molar refractivity (Wildman–Crippen MR) is 325 cm³/mol. The van der Waals surface area contributed by atoms with Crippen molar-refractivity contribution in [3.05, 3.63) is 60.8 Å². The number of unbranched alkanes of at least 4 members (excludes halogenated alkanes) is 34. The van der Waals surface area contributed by atoms with E-state index < -0.39 is 74.2 Å². The Bertz CT molecular complexity index is 1450. The number of nitrogens with one attached hydrogen (secondary N) is 1. The standard InChI is InChI=1S/C67H123NO10/c1-3-5-7-9-11-13-15-17-18-19-20-21-22-23-24-25-26-27-28-29-30-31-32-33-34-35-36-37-38-39-40-41-43-45-47-49-51-53-55-60(71)66(76)68-58(57-77-67-65(75)64(74)63(73)61(56-69)78-67)62(72)59(70)54-52-50-48-46-44-42-16-14-12-10-8-6-4-2/h6,8,14,16,26-27,29-30,46,48,58-65,67,69-75H,3-5,7,9-13,15,17-25,28,31-45,47,49-57H2,1-2H3,(H,68,76)/b8-6+,16-14+,27-26-,30-29-,48-46+. The molecule has 0 bridgehead atoms. The second-order valence-corrected chi connectivity index (χ2v) is 22.8. The number of hydrogen-bond acceptors (Lipinski definition) is 10. The summed E-state index contributed by atoms with van der Waals surface area (Å²) in [7, 11) is 0. The van der Waals surface area contributed by atoms with E-state index in [-0.39, 0.29) is 12.8 Å². The molecule has 0 aromatic carbocycles. The number of aliphatic hydroxyl groups excluding tert-OH is 7. The van der Waals surface area contributed by atoms with Gasteiger partial charge in [-0.1, -0.05) is 261 Å². The normalized spacial score (nSPS) is 19.8. The van der Waals surface area contributed by atoms with Crippen molar-refractivity contribution >= 4 is 5.91 Å². The van der Waals surface area contributed by atoms with Gasteiger partial charge in [-0.25, -0.2) is 0 Å². The van der Waals surface area contributed by atoms with Gasteiger partial charge < -0.3 is 50.5 Å². The lowest BCUT2D eigenvalue weighted by Gasteiger charge is -2.40. The molecule has 9 unspecified atom stereocenters. The molecular weight excluding hydrogens is 979 g/mol. The summed E-state index contributed by atoms with van der Waals surface area (Å²) in [6.45, 7) is 3.34. The average Bonchev–Trinajstić information content (AvgIpc) is 3.45. The Kier molecular flexibility index (Phi) is 52.4. The summed E-state index contributed by atoms with van der Waals surface area (Å²) in [4.78, 5) is 13.2. The van der Waals surface area contributed by atoms with Crippen molar-refractivity contribution in [3.63, 3.8) is 0 Å². The second-order valence-electron chi connectivity index (χ2n) is 22.8. The Labute approximate surface area is 478 Å². The fourth-order valence-corrected chi connectivity index (χ4v) is 10.3. The van der Waals surface area contributed by atoms with Crippen LogP contribution in [0.15, 0.2) is 60.8 Å². The van der Waals surface area contributed by atoms with Gasteiger partial charge in [0.05, 0.1) is 25.4 Å². The molecule has 9 atom stereocenters. The van der Waals surface area contributed by atoms with E-state index >= 15 is 0 Å². The molecule has 11 heteroatoms. The maximum Gasteiger partial charge on any atom is 0.249 e. The zero-order chi connectivity index (χ0) is 56.8. The first-order valence-electron chi connectivity index (χ1n) is 32.7. The molecule has 11 nitrogen and oxygen atoms in total. The van der Waals surface area contributed by atoms with Gasteiger partial charge in [0.1, 0.15) is 36.6 Å². The first kappa shape index (κ1) is 73.8. The number of aliphatic hydroxyl groups is 7. The molecule has 1 rings (SSSR count). The van der Waals surface area contributed by atoms with Crippen LogP contribution in [0.4, 0.5) is 0 Å². The first-order valence-corrected chi connectivity index (χ1v) is 32.7. The summed E-state index contributed by atoms with van der Waals surface area (Å²) in [5.74, 6) is -0.713. The van der Waals surface area contributed by atoms with Crippen molar-refractivity contribution in [3.8, 4) is 0 Å². The molecule has 1 aliphatic rings. The zero-order valence-electron chi connectivity index (χ0n) is 50.1. The third-order valence-electron chi connectivity index (χ3n) is 15.5. The molecule has 78 heavy (non-hydrogen) atoms. The van der Waals surface area contributed by atoms with Gasteiger partial charge in [-0.2, -0.15) is 0 Å². The second kappa shape index (κ2) is 55.3. The molecule has 0 aromatic rings. The molecule has 1 fully saturated rings. The number of amides is 1.